The Bertz CT molecular complexity index is 287. The van der Waals surface area contributed by atoms with E-state index in [0.717, 1.165) is 6.08 Å². The SMILES string of the molecule is C=C/C(=C\C(F)=C\C(C)(C)C)C(F)(F)F. The van der Waals surface area contributed by atoms with Crippen LogP contribution in [0, 0.1) is 5.41 Å². The molecule has 0 bridgehead atoms. The minimum absolute atomic E-state index is 0.443. The predicted octanol–water partition coefficient (Wildman–Crippen LogP) is 4.56. The van der Waals surface area contributed by atoms with Gasteiger partial charge in [0.2, 0.25) is 0 Å². The highest BCUT2D eigenvalue weighted by Gasteiger charge is 2.31. The monoisotopic (exact) mass is 222 g/mol. The Morgan fingerprint density at radius 2 is 1.60 bits per heavy atom. The maximum absolute atomic E-state index is 13.1. The van der Waals surface area contributed by atoms with Crippen LogP contribution in [0.4, 0.5) is 17.6 Å². The number of hydrogen-bond acceptors (Lipinski definition) is 0. The number of allylic oxidation sites excluding steroid dienone is 5. The van der Waals surface area contributed by atoms with E-state index in [1.54, 1.807) is 20.8 Å². The van der Waals surface area contributed by atoms with Crippen molar-refractivity contribution in [2.45, 2.75) is 26.9 Å². The molecule has 0 radical (unpaired) electrons. The number of rotatable bonds is 2. The van der Waals surface area contributed by atoms with Gasteiger partial charge >= 0.3 is 6.18 Å². The molecular formula is C11H14F4. The van der Waals surface area contributed by atoms with Gasteiger partial charge < -0.3 is 0 Å². The van der Waals surface area contributed by atoms with Gasteiger partial charge in [0.25, 0.3) is 0 Å². The second-order valence-electron chi connectivity index (χ2n) is 4.20. The van der Waals surface area contributed by atoms with Gasteiger partial charge in [0.1, 0.15) is 5.83 Å². The van der Waals surface area contributed by atoms with Crippen LogP contribution in [0.3, 0.4) is 0 Å². The average molecular weight is 222 g/mol. The molecule has 0 rings (SSSR count). The molecule has 0 nitrogen and oxygen atoms in total. The summed E-state index contributed by atoms with van der Waals surface area (Å²) in [5.41, 5.74) is -1.58. The van der Waals surface area contributed by atoms with E-state index in [9.17, 15) is 17.6 Å². The summed E-state index contributed by atoms with van der Waals surface area (Å²) in [7, 11) is 0. The van der Waals surface area contributed by atoms with E-state index >= 15 is 0 Å². The van der Waals surface area contributed by atoms with Gasteiger partial charge in [-0.1, -0.05) is 33.4 Å². The summed E-state index contributed by atoms with van der Waals surface area (Å²) in [4.78, 5) is 0. The van der Waals surface area contributed by atoms with E-state index in [4.69, 9.17) is 0 Å². The fourth-order valence-corrected chi connectivity index (χ4v) is 0.860. The van der Waals surface area contributed by atoms with Crippen molar-refractivity contribution in [1.29, 1.82) is 0 Å². The van der Waals surface area contributed by atoms with Gasteiger partial charge in [0.15, 0.2) is 0 Å². The summed E-state index contributed by atoms with van der Waals surface area (Å²) in [5, 5.41) is 0. The number of halogens is 4. The van der Waals surface area contributed by atoms with Crippen LogP contribution in [0.15, 0.2) is 36.2 Å². The first-order chi connectivity index (χ1) is 6.56. The summed E-state index contributed by atoms with van der Waals surface area (Å²) in [6.45, 7) is 8.08. The molecule has 0 N–H and O–H groups in total. The molecule has 0 atom stereocenters. The summed E-state index contributed by atoms with van der Waals surface area (Å²) in [6.07, 6.45) is -2.40. The Morgan fingerprint density at radius 3 is 1.87 bits per heavy atom. The molecule has 0 aliphatic heterocycles. The Labute approximate surface area is 87.0 Å². The van der Waals surface area contributed by atoms with Crippen LogP contribution >= 0.6 is 0 Å². The molecule has 4 heteroatoms. The van der Waals surface area contributed by atoms with Crippen molar-refractivity contribution >= 4 is 0 Å². The molecular weight excluding hydrogens is 208 g/mol. The smallest absolute Gasteiger partial charge is 0.207 e. The van der Waals surface area contributed by atoms with E-state index in [2.05, 4.69) is 6.58 Å². The quantitative estimate of drug-likeness (QED) is 0.474. The first-order valence-electron chi connectivity index (χ1n) is 4.36. The van der Waals surface area contributed by atoms with Crippen molar-refractivity contribution in [2.24, 2.45) is 5.41 Å². The molecule has 0 spiro atoms. The standard InChI is InChI=1S/C11H14F4/c1-5-8(11(13,14)15)6-9(12)7-10(2,3)4/h5-7H,1H2,2-4H3/b8-6+,9-7-. The van der Waals surface area contributed by atoms with Crippen LogP contribution < -0.4 is 0 Å². The summed E-state index contributed by atoms with van der Waals surface area (Å²) in [5.74, 6) is -0.908. The zero-order valence-corrected chi connectivity index (χ0v) is 8.95. The molecule has 15 heavy (non-hydrogen) atoms. The Balaban J connectivity index is 5.04. The van der Waals surface area contributed by atoms with Crippen LogP contribution in [0.25, 0.3) is 0 Å². The largest absolute Gasteiger partial charge is 0.416 e. The minimum Gasteiger partial charge on any atom is -0.207 e. The second kappa shape index (κ2) is 4.64. The van der Waals surface area contributed by atoms with Crippen molar-refractivity contribution in [3.05, 3.63) is 36.2 Å². The lowest BCUT2D eigenvalue weighted by Gasteiger charge is -2.12. The van der Waals surface area contributed by atoms with Gasteiger partial charge in [0.05, 0.1) is 5.57 Å². The Hall–Kier alpha value is -1.06. The zero-order valence-electron chi connectivity index (χ0n) is 8.95. The molecule has 0 aliphatic carbocycles. The fourth-order valence-electron chi connectivity index (χ4n) is 0.860. The lowest BCUT2D eigenvalue weighted by molar-refractivity contribution is -0.0883. The van der Waals surface area contributed by atoms with Gasteiger partial charge in [-0.25, -0.2) is 4.39 Å². The molecule has 0 saturated heterocycles. The molecule has 0 aliphatic rings. The lowest BCUT2D eigenvalue weighted by Crippen LogP contribution is -2.10. The molecule has 0 aromatic rings. The first-order valence-corrected chi connectivity index (χ1v) is 4.36. The zero-order chi connectivity index (χ0) is 12.3. The number of alkyl halides is 3. The number of hydrogen-bond donors (Lipinski definition) is 0. The van der Waals surface area contributed by atoms with Gasteiger partial charge in [-0.15, -0.1) is 0 Å². The van der Waals surface area contributed by atoms with E-state index in [-0.39, 0.29) is 0 Å². The third kappa shape index (κ3) is 6.10. The maximum Gasteiger partial charge on any atom is 0.416 e. The summed E-state index contributed by atoms with van der Waals surface area (Å²) in [6, 6.07) is 0. The fraction of sp³-hybridized carbons (Fsp3) is 0.455. The third-order valence-corrected chi connectivity index (χ3v) is 1.41. The Morgan fingerprint density at radius 1 is 1.13 bits per heavy atom. The van der Waals surface area contributed by atoms with Gasteiger partial charge in [-0.2, -0.15) is 13.2 Å². The minimum atomic E-state index is -4.56. The van der Waals surface area contributed by atoms with Gasteiger partial charge in [-0.3, -0.25) is 0 Å². The lowest BCUT2D eigenvalue weighted by atomic mass is 9.96. The summed E-state index contributed by atoms with van der Waals surface area (Å²) < 4.78 is 49.6. The van der Waals surface area contributed by atoms with Crippen molar-refractivity contribution in [3.63, 3.8) is 0 Å². The molecule has 0 heterocycles. The van der Waals surface area contributed by atoms with Crippen molar-refractivity contribution in [3.8, 4) is 0 Å². The molecule has 0 saturated carbocycles. The molecule has 0 aromatic carbocycles. The van der Waals surface area contributed by atoms with Crippen LogP contribution in [-0.2, 0) is 0 Å². The van der Waals surface area contributed by atoms with E-state index in [0.29, 0.717) is 12.2 Å². The molecule has 0 amide bonds. The van der Waals surface area contributed by atoms with E-state index < -0.39 is 23.0 Å². The molecule has 0 fully saturated rings. The highest BCUT2D eigenvalue weighted by Crippen LogP contribution is 2.28. The molecule has 0 aromatic heterocycles. The van der Waals surface area contributed by atoms with Crippen LogP contribution in [0.5, 0.6) is 0 Å². The van der Waals surface area contributed by atoms with Gasteiger partial charge in [0, 0.05) is 0 Å². The third-order valence-electron chi connectivity index (χ3n) is 1.41. The van der Waals surface area contributed by atoms with Crippen LogP contribution in [-0.4, -0.2) is 6.18 Å². The van der Waals surface area contributed by atoms with E-state index in [1.807, 2.05) is 0 Å². The normalized spacial score (nSPS) is 15.4. The first kappa shape index (κ1) is 13.9. The molecule has 86 valence electrons. The molecule has 0 unspecified atom stereocenters. The predicted molar refractivity (Wildman–Crippen MR) is 53.0 cm³/mol. The van der Waals surface area contributed by atoms with Crippen LogP contribution in [0.2, 0.25) is 0 Å². The maximum atomic E-state index is 13.1. The van der Waals surface area contributed by atoms with Crippen molar-refractivity contribution in [1.82, 2.24) is 0 Å². The highest BCUT2D eigenvalue weighted by molar-refractivity contribution is 5.29. The second-order valence-corrected chi connectivity index (χ2v) is 4.20. The van der Waals surface area contributed by atoms with E-state index in [1.165, 1.54) is 0 Å². The Kier molecular flexibility index (Phi) is 4.31. The van der Waals surface area contributed by atoms with Gasteiger partial charge in [-0.05, 0) is 17.6 Å². The highest BCUT2D eigenvalue weighted by atomic mass is 19.4. The summed E-state index contributed by atoms with van der Waals surface area (Å²) >= 11 is 0. The van der Waals surface area contributed by atoms with Crippen molar-refractivity contribution < 1.29 is 17.6 Å². The van der Waals surface area contributed by atoms with Crippen molar-refractivity contribution in [2.75, 3.05) is 0 Å². The average Bonchev–Trinajstić information content (AvgIpc) is 1.94. The topological polar surface area (TPSA) is 0 Å². The van der Waals surface area contributed by atoms with Crippen LogP contribution in [0.1, 0.15) is 20.8 Å².